The Kier molecular flexibility index (Phi) is 3.03. The predicted octanol–water partition coefficient (Wildman–Crippen LogP) is -0.177. The molecular weight excluding hydrogens is 233 g/mol. The Hall–Kier alpha value is 0.480. The Labute approximate surface area is 64.7 Å². The van der Waals surface area contributed by atoms with Crippen LogP contribution in [0.1, 0.15) is 12.8 Å². The molecule has 1 saturated heterocycles. The van der Waals surface area contributed by atoms with Gasteiger partial charge >= 0.3 is 0 Å². The molecule has 1 rings (SSSR count). The van der Waals surface area contributed by atoms with E-state index in [1.54, 1.807) is 0 Å². The lowest BCUT2D eigenvalue weighted by molar-refractivity contribution is -0.717. The van der Waals surface area contributed by atoms with Crippen LogP contribution in [0, 0.1) is 5.21 Å². The van der Waals surface area contributed by atoms with Crippen LogP contribution in [-0.4, -0.2) is 17.3 Å². The van der Waals surface area contributed by atoms with Crippen molar-refractivity contribution in [2.24, 2.45) is 0 Å². The fourth-order valence-electron chi connectivity index (χ4n) is 0.843. The first-order valence-electron chi connectivity index (χ1n) is 2.88. The second-order valence-corrected chi connectivity index (χ2v) is 3.77. The van der Waals surface area contributed by atoms with Gasteiger partial charge in [-0.2, -0.15) is 0 Å². The Balaban J connectivity index is 2.32. The molecule has 1 heterocycles. The zero-order chi connectivity index (χ0) is 6.69. The van der Waals surface area contributed by atoms with E-state index in [9.17, 15) is 5.21 Å². The molecule has 0 radical (unpaired) electrons. The van der Waals surface area contributed by atoms with Crippen molar-refractivity contribution in [2.75, 3.05) is 6.61 Å². The monoisotopic (exact) mass is 243 g/mol. The van der Waals surface area contributed by atoms with Gasteiger partial charge in [-0.15, -0.1) is 0 Å². The van der Waals surface area contributed by atoms with Crippen LogP contribution in [0.15, 0.2) is 0 Å². The van der Waals surface area contributed by atoms with E-state index in [4.69, 9.17) is 4.74 Å². The zero-order valence-corrected chi connectivity index (χ0v) is 7.26. The number of rotatable bonds is 2. The number of hydroxylamine groups is 1. The van der Waals surface area contributed by atoms with Gasteiger partial charge < -0.3 is 13.2 Å². The molecule has 0 aromatic rings. The van der Waals surface area contributed by atoms with E-state index in [2.05, 4.69) is 4.51 Å². The van der Waals surface area contributed by atoms with Gasteiger partial charge in [0, 0.05) is 6.42 Å². The van der Waals surface area contributed by atoms with Crippen molar-refractivity contribution in [2.45, 2.75) is 19.1 Å². The van der Waals surface area contributed by atoms with Crippen LogP contribution >= 0.6 is 21.0 Å². The van der Waals surface area contributed by atoms with Crippen LogP contribution in [0.3, 0.4) is 0 Å². The molecule has 1 aliphatic heterocycles. The Morgan fingerprint density at radius 2 is 2.56 bits per heavy atom. The average molecular weight is 243 g/mol. The van der Waals surface area contributed by atoms with Gasteiger partial charge in [0.15, 0.2) is 6.23 Å². The van der Waals surface area contributed by atoms with Crippen LogP contribution in [0.5, 0.6) is 0 Å². The van der Waals surface area contributed by atoms with Gasteiger partial charge in [-0.3, -0.25) is 0 Å². The van der Waals surface area contributed by atoms with E-state index in [-0.39, 0.29) is 9.50 Å². The highest BCUT2D eigenvalue weighted by atomic mass is 127. The summed E-state index contributed by atoms with van der Waals surface area (Å²) < 4.78 is 9.01. The third kappa shape index (κ3) is 1.96. The van der Waals surface area contributed by atoms with Crippen molar-refractivity contribution in [3.05, 3.63) is 5.21 Å². The van der Waals surface area contributed by atoms with Crippen molar-refractivity contribution in [1.29, 1.82) is 0 Å². The molecule has 0 aromatic heterocycles. The first-order chi connectivity index (χ1) is 4.34. The van der Waals surface area contributed by atoms with Gasteiger partial charge in [0.2, 0.25) is 0 Å². The second kappa shape index (κ2) is 3.60. The Morgan fingerprint density at radius 3 is 3.00 bits per heavy atom. The lowest BCUT2D eigenvalue weighted by atomic mass is 10.3. The van der Waals surface area contributed by atoms with Crippen LogP contribution in [0.2, 0.25) is 0 Å². The van der Waals surface area contributed by atoms with E-state index in [1.165, 1.54) is 0 Å². The number of quaternary nitrogens is 1. The summed E-state index contributed by atoms with van der Waals surface area (Å²) in [4.78, 5) is 0. The van der Waals surface area contributed by atoms with E-state index in [1.807, 2.05) is 0 Å². The maximum Gasteiger partial charge on any atom is 0.197 e. The van der Waals surface area contributed by atoms with E-state index in [0.717, 1.165) is 19.4 Å². The topological polar surface area (TPSA) is 36.7 Å². The average Bonchev–Trinajstić information content (AvgIpc) is 2.37. The highest BCUT2D eigenvalue weighted by molar-refractivity contribution is 14.1. The molecule has 0 aromatic carbocycles. The molecule has 54 valence electrons. The fraction of sp³-hybridized carbons (Fsp3) is 0.800. The zero-order valence-electron chi connectivity index (χ0n) is 5.10. The second-order valence-electron chi connectivity index (χ2n) is 1.94. The summed E-state index contributed by atoms with van der Waals surface area (Å²) >= 11 is -0.482. The normalized spacial score (nSPS) is 30.6. The Bertz CT molecular complexity index is 103. The minimum absolute atomic E-state index is 0.0738. The van der Waals surface area contributed by atoms with Gasteiger partial charge in [0.25, 0.3) is 0 Å². The number of ether oxygens (including phenoxy) is 1. The summed E-state index contributed by atoms with van der Waals surface area (Å²) in [6.45, 7) is 0.764. The van der Waals surface area contributed by atoms with Gasteiger partial charge in [-0.1, -0.05) is 0 Å². The fourth-order valence-corrected chi connectivity index (χ4v) is 1.83. The quantitative estimate of drug-likeness (QED) is 0.415. The van der Waals surface area contributed by atoms with E-state index < -0.39 is 21.0 Å². The lowest BCUT2D eigenvalue weighted by Gasteiger charge is -2.21. The number of hydrogen-bond donors (Lipinski definition) is 1. The van der Waals surface area contributed by atoms with Gasteiger partial charge in [0.1, 0.15) is 21.0 Å². The Morgan fingerprint density at radius 1 is 1.78 bits per heavy atom. The van der Waals surface area contributed by atoms with Crippen LogP contribution < -0.4 is 3.28 Å². The molecule has 0 amide bonds. The first kappa shape index (κ1) is 7.59. The SMILES string of the molecule is C=I[NH+]([O-])C1CCCO1. The summed E-state index contributed by atoms with van der Waals surface area (Å²) in [7, 11) is 0. The molecule has 2 unspecified atom stereocenters. The van der Waals surface area contributed by atoms with Crippen LogP contribution in [0.4, 0.5) is 0 Å². The molecule has 1 aliphatic rings. The highest BCUT2D eigenvalue weighted by Gasteiger charge is 2.19. The standard InChI is InChI=1S/C5H10INO2/c1-6-7(8)5-3-2-4-9-5/h5,7H,1-4H2. The maximum atomic E-state index is 10.9. The number of halogens is 1. The summed E-state index contributed by atoms with van der Waals surface area (Å²) in [6, 6.07) is 0. The van der Waals surface area contributed by atoms with Crippen molar-refractivity contribution >= 4 is 25.5 Å². The van der Waals surface area contributed by atoms with Crippen molar-refractivity contribution in [3.63, 3.8) is 0 Å². The van der Waals surface area contributed by atoms with Gasteiger partial charge in [0.05, 0.1) is 6.61 Å². The smallest absolute Gasteiger partial charge is 0.197 e. The largest absolute Gasteiger partial charge is 0.625 e. The summed E-state index contributed by atoms with van der Waals surface area (Å²) in [5, 5.41) is 10.9. The third-order valence-corrected chi connectivity index (χ3v) is 2.76. The number of nitrogens with one attached hydrogen (secondary N) is 1. The van der Waals surface area contributed by atoms with Gasteiger partial charge in [-0.25, -0.2) is 0 Å². The molecule has 3 nitrogen and oxygen atoms in total. The molecule has 9 heavy (non-hydrogen) atoms. The molecule has 0 bridgehead atoms. The lowest BCUT2D eigenvalue weighted by Crippen LogP contribution is -3.02. The minimum atomic E-state index is -0.482. The van der Waals surface area contributed by atoms with Crippen molar-refractivity contribution in [1.82, 2.24) is 0 Å². The molecule has 0 spiro atoms. The highest BCUT2D eigenvalue weighted by Crippen LogP contribution is 2.06. The van der Waals surface area contributed by atoms with Crippen molar-refractivity contribution < 1.29 is 8.01 Å². The summed E-state index contributed by atoms with van der Waals surface area (Å²) in [5.41, 5.74) is 0. The molecule has 4 heteroatoms. The molecule has 1 fully saturated rings. The molecule has 2 atom stereocenters. The van der Waals surface area contributed by atoms with E-state index in [0.29, 0.717) is 0 Å². The number of hydrogen-bond acceptors (Lipinski definition) is 2. The third-order valence-electron chi connectivity index (χ3n) is 1.31. The molecule has 0 aliphatic carbocycles. The summed E-state index contributed by atoms with van der Waals surface area (Å²) in [5.74, 6) is 0. The first-order valence-corrected chi connectivity index (χ1v) is 5.49. The maximum absolute atomic E-state index is 10.9. The van der Waals surface area contributed by atoms with Gasteiger partial charge in [-0.05, 0) is 10.9 Å². The van der Waals surface area contributed by atoms with Crippen LogP contribution in [-0.2, 0) is 4.74 Å². The molecule has 0 saturated carbocycles. The summed E-state index contributed by atoms with van der Waals surface area (Å²) in [6.07, 6.45) is 1.89. The van der Waals surface area contributed by atoms with E-state index >= 15 is 0 Å². The van der Waals surface area contributed by atoms with Crippen molar-refractivity contribution in [3.8, 4) is 0 Å². The van der Waals surface area contributed by atoms with Crippen LogP contribution in [0.25, 0.3) is 0 Å². The molecular formula is C5H10INO2. The molecule has 1 N–H and O–H groups in total. The predicted molar refractivity (Wildman–Crippen MR) is 44.4 cm³/mol. The minimum Gasteiger partial charge on any atom is -0.625 e.